The summed E-state index contributed by atoms with van der Waals surface area (Å²) in [6, 6.07) is 8.69. The molecule has 0 saturated heterocycles. The van der Waals surface area contributed by atoms with Crippen molar-refractivity contribution < 1.29 is 14.4 Å². The van der Waals surface area contributed by atoms with Gasteiger partial charge in [0.2, 0.25) is 0 Å². The van der Waals surface area contributed by atoms with E-state index in [0.29, 0.717) is 5.56 Å². The summed E-state index contributed by atoms with van der Waals surface area (Å²) in [6.45, 7) is 3.13. The molecule has 18 heavy (non-hydrogen) atoms. The second-order valence-corrected chi connectivity index (χ2v) is 4.30. The molecule has 0 fully saturated rings. The molecule has 0 aromatic heterocycles. The van der Waals surface area contributed by atoms with Gasteiger partial charge in [-0.3, -0.25) is 14.4 Å². The van der Waals surface area contributed by atoms with Crippen LogP contribution in [0.2, 0.25) is 0 Å². The zero-order chi connectivity index (χ0) is 13.5. The maximum Gasteiger partial charge on any atom is 0.251 e. The van der Waals surface area contributed by atoms with E-state index in [1.165, 1.54) is 6.92 Å². The number of carbonyl (C=O) groups is 3. The third kappa shape index (κ3) is 4.49. The van der Waals surface area contributed by atoms with Gasteiger partial charge in [-0.25, -0.2) is 0 Å². The summed E-state index contributed by atoms with van der Waals surface area (Å²) >= 11 is 0. The molecule has 4 nitrogen and oxygen atoms in total. The number of hydrogen-bond donors (Lipinski definition) is 1. The lowest BCUT2D eigenvalue weighted by atomic mass is 10.0. The predicted molar refractivity (Wildman–Crippen MR) is 68.2 cm³/mol. The Morgan fingerprint density at radius 2 is 1.78 bits per heavy atom. The average Bonchev–Trinajstić information content (AvgIpc) is 2.36. The number of Topliss-reactive ketones (excluding diaryl/α,β-unsaturated/α-hetero) is 2. The van der Waals surface area contributed by atoms with Crippen LogP contribution in [0, 0.1) is 5.92 Å². The van der Waals surface area contributed by atoms with Gasteiger partial charge in [0.15, 0.2) is 5.78 Å². The highest BCUT2D eigenvalue weighted by Crippen LogP contribution is 2.03. The first kappa shape index (κ1) is 14.1. The van der Waals surface area contributed by atoms with Gasteiger partial charge in [0.1, 0.15) is 5.78 Å². The molecule has 1 atom stereocenters. The van der Waals surface area contributed by atoms with Crippen LogP contribution < -0.4 is 5.32 Å². The predicted octanol–water partition coefficient (Wildman–Crippen LogP) is 1.60. The lowest BCUT2D eigenvalue weighted by Gasteiger charge is -2.07. The van der Waals surface area contributed by atoms with Crippen LogP contribution in [0.3, 0.4) is 0 Å². The monoisotopic (exact) mass is 247 g/mol. The lowest BCUT2D eigenvalue weighted by Crippen LogP contribution is -2.30. The SMILES string of the molecule is CC(=O)C(C)CC(=O)CNC(=O)c1ccccc1. The first-order chi connectivity index (χ1) is 8.50. The minimum atomic E-state index is -0.286. The molecule has 1 N–H and O–H groups in total. The molecule has 1 amide bonds. The standard InChI is InChI=1S/C14H17NO3/c1-10(11(2)16)8-13(17)9-15-14(18)12-6-4-3-5-7-12/h3-7,10H,8-9H2,1-2H3,(H,15,18). The third-order valence-electron chi connectivity index (χ3n) is 2.71. The maximum atomic E-state index is 11.6. The van der Waals surface area contributed by atoms with Crippen molar-refractivity contribution in [3.63, 3.8) is 0 Å². The smallest absolute Gasteiger partial charge is 0.251 e. The van der Waals surface area contributed by atoms with Gasteiger partial charge in [-0.05, 0) is 19.1 Å². The third-order valence-corrected chi connectivity index (χ3v) is 2.71. The van der Waals surface area contributed by atoms with Gasteiger partial charge >= 0.3 is 0 Å². The molecule has 0 aliphatic carbocycles. The molecule has 4 heteroatoms. The van der Waals surface area contributed by atoms with Gasteiger partial charge in [0.05, 0.1) is 6.54 Å². The highest BCUT2D eigenvalue weighted by molar-refractivity contribution is 5.97. The maximum absolute atomic E-state index is 11.6. The van der Waals surface area contributed by atoms with Crippen LogP contribution in [0.5, 0.6) is 0 Å². The fourth-order valence-corrected chi connectivity index (χ4v) is 1.43. The fraction of sp³-hybridized carbons (Fsp3) is 0.357. The molecular weight excluding hydrogens is 230 g/mol. The lowest BCUT2D eigenvalue weighted by molar-refractivity contribution is -0.125. The quantitative estimate of drug-likeness (QED) is 0.830. The Morgan fingerprint density at radius 1 is 1.17 bits per heavy atom. The molecule has 0 aliphatic heterocycles. The van der Waals surface area contributed by atoms with Gasteiger partial charge in [0, 0.05) is 17.9 Å². The zero-order valence-corrected chi connectivity index (χ0v) is 10.6. The Morgan fingerprint density at radius 3 is 2.33 bits per heavy atom. The van der Waals surface area contributed by atoms with E-state index in [1.807, 2.05) is 6.07 Å². The first-order valence-electron chi connectivity index (χ1n) is 5.86. The number of amides is 1. The fourth-order valence-electron chi connectivity index (χ4n) is 1.43. The first-order valence-corrected chi connectivity index (χ1v) is 5.86. The van der Waals surface area contributed by atoms with Crippen molar-refractivity contribution in [2.45, 2.75) is 20.3 Å². The molecule has 1 unspecified atom stereocenters. The molecule has 96 valence electrons. The summed E-state index contributed by atoms with van der Waals surface area (Å²) in [5, 5.41) is 2.54. The molecule has 0 spiro atoms. The molecule has 0 aliphatic rings. The van der Waals surface area contributed by atoms with Gasteiger partial charge < -0.3 is 5.32 Å². The van der Waals surface area contributed by atoms with Crippen LogP contribution >= 0.6 is 0 Å². The molecule has 0 saturated carbocycles. The second kappa shape index (κ2) is 6.69. The summed E-state index contributed by atoms with van der Waals surface area (Å²) in [5.74, 6) is -0.717. The topological polar surface area (TPSA) is 63.2 Å². The molecule has 0 bridgehead atoms. The number of nitrogens with one attached hydrogen (secondary N) is 1. The minimum Gasteiger partial charge on any atom is -0.345 e. The Bertz CT molecular complexity index is 440. The van der Waals surface area contributed by atoms with Gasteiger partial charge in [-0.2, -0.15) is 0 Å². The summed E-state index contributed by atoms with van der Waals surface area (Å²) in [4.78, 5) is 34.2. The van der Waals surface area contributed by atoms with Crippen LogP contribution in [0.1, 0.15) is 30.6 Å². The van der Waals surface area contributed by atoms with E-state index >= 15 is 0 Å². The van der Waals surface area contributed by atoms with Crippen molar-refractivity contribution in [1.29, 1.82) is 0 Å². The highest BCUT2D eigenvalue weighted by atomic mass is 16.2. The molecular formula is C14H17NO3. The largest absolute Gasteiger partial charge is 0.345 e. The van der Waals surface area contributed by atoms with E-state index in [0.717, 1.165) is 0 Å². The van der Waals surface area contributed by atoms with E-state index in [2.05, 4.69) is 5.32 Å². The Kier molecular flexibility index (Phi) is 5.24. The van der Waals surface area contributed by atoms with E-state index in [1.54, 1.807) is 31.2 Å². The summed E-state index contributed by atoms with van der Waals surface area (Å²) in [5.41, 5.74) is 0.518. The molecule has 1 aromatic carbocycles. The van der Waals surface area contributed by atoms with Crippen molar-refractivity contribution in [3.8, 4) is 0 Å². The number of carbonyl (C=O) groups excluding carboxylic acids is 3. The van der Waals surface area contributed by atoms with Gasteiger partial charge in [-0.1, -0.05) is 25.1 Å². The van der Waals surface area contributed by atoms with Crippen LogP contribution in [-0.4, -0.2) is 24.0 Å². The van der Waals surface area contributed by atoms with Crippen molar-refractivity contribution >= 4 is 17.5 Å². The van der Waals surface area contributed by atoms with Crippen LogP contribution in [0.4, 0.5) is 0 Å². The number of hydrogen-bond acceptors (Lipinski definition) is 3. The van der Waals surface area contributed by atoms with Crippen LogP contribution in [0.15, 0.2) is 30.3 Å². The minimum absolute atomic E-state index is 0.0160. The van der Waals surface area contributed by atoms with E-state index in [9.17, 15) is 14.4 Å². The zero-order valence-electron chi connectivity index (χ0n) is 10.6. The Labute approximate surface area is 106 Å². The Balaban J connectivity index is 2.40. The number of ketones is 2. The second-order valence-electron chi connectivity index (χ2n) is 4.30. The van der Waals surface area contributed by atoms with E-state index in [-0.39, 0.29) is 36.4 Å². The van der Waals surface area contributed by atoms with Crippen molar-refractivity contribution in [2.24, 2.45) is 5.92 Å². The summed E-state index contributed by atoms with van der Waals surface area (Å²) in [6.07, 6.45) is 0.171. The summed E-state index contributed by atoms with van der Waals surface area (Å²) < 4.78 is 0. The van der Waals surface area contributed by atoms with E-state index < -0.39 is 0 Å². The van der Waals surface area contributed by atoms with Crippen molar-refractivity contribution in [1.82, 2.24) is 5.32 Å². The van der Waals surface area contributed by atoms with Crippen LogP contribution in [-0.2, 0) is 9.59 Å². The molecule has 0 radical (unpaired) electrons. The normalized spacial score (nSPS) is 11.7. The number of benzene rings is 1. The average molecular weight is 247 g/mol. The molecule has 0 heterocycles. The Hall–Kier alpha value is -1.97. The van der Waals surface area contributed by atoms with Gasteiger partial charge in [0.25, 0.3) is 5.91 Å². The summed E-state index contributed by atoms with van der Waals surface area (Å²) in [7, 11) is 0. The van der Waals surface area contributed by atoms with Crippen molar-refractivity contribution in [3.05, 3.63) is 35.9 Å². The molecule has 1 aromatic rings. The van der Waals surface area contributed by atoms with Crippen LogP contribution in [0.25, 0.3) is 0 Å². The van der Waals surface area contributed by atoms with Gasteiger partial charge in [-0.15, -0.1) is 0 Å². The van der Waals surface area contributed by atoms with E-state index in [4.69, 9.17) is 0 Å². The highest BCUT2D eigenvalue weighted by Gasteiger charge is 2.14. The molecule has 1 rings (SSSR count). The number of rotatable bonds is 6. The van der Waals surface area contributed by atoms with Crippen molar-refractivity contribution in [2.75, 3.05) is 6.54 Å².